The number of hydrogen-bond acceptors (Lipinski definition) is 2. The Labute approximate surface area is 105 Å². The highest BCUT2D eigenvalue weighted by Gasteiger charge is 1.98. The largest absolute Gasteiger partial charge is 0.247 e. The maximum Gasteiger partial charge on any atom is 0.116 e. The molecule has 0 saturated carbocycles. The second-order valence-electron chi connectivity index (χ2n) is 3.52. The molecular weight excluding hydrogens is 224 g/mol. The standard InChI is InChI=1S/C14H10N4/c15-18-17-11-13-7-4-10-16-14(13)9-8-12-5-2-1-3-6-12/h1-7,10H,11H2. The van der Waals surface area contributed by atoms with Crippen LogP contribution in [0.15, 0.2) is 53.8 Å². The van der Waals surface area contributed by atoms with Crippen LogP contribution in [0.5, 0.6) is 0 Å². The van der Waals surface area contributed by atoms with Gasteiger partial charge >= 0.3 is 0 Å². The van der Waals surface area contributed by atoms with Crippen LogP contribution in [0.4, 0.5) is 0 Å². The molecule has 0 aliphatic heterocycles. The Hall–Kier alpha value is -2.76. The predicted octanol–water partition coefficient (Wildman–Crippen LogP) is 3.29. The molecular formula is C14H10N4. The summed E-state index contributed by atoms with van der Waals surface area (Å²) in [5, 5.41) is 3.53. The Balaban J connectivity index is 2.29. The molecule has 0 radical (unpaired) electrons. The summed E-state index contributed by atoms with van der Waals surface area (Å²) >= 11 is 0. The molecule has 0 N–H and O–H groups in total. The van der Waals surface area contributed by atoms with E-state index in [-0.39, 0.29) is 6.54 Å². The van der Waals surface area contributed by atoms with Crippen LogP contribution in [0.2, 0.25) is 0 Å². The summed E-state index contributed by atoms with van der Waals surface area (Å²) in [4.78, 5) is 6.93. The first kappa shape index (κ1) is 11.7. The Morgan fingerprint density at radius 3 is 2.72 bits per heavy atom. The average molecular weight is 234 g/mol. The first-order chi connectivity index (χ1) is 8.90. The van der Waals surface area contributed by atoms with E-state index in [0.717, 1.165) is 11.1 Å². The third-order valence-electron chi connectivity index (χ3n) is 2.29. The zero-order chi connectivity index (χ0) is 12.6. The highest BCUT2D eigenvalue weighted by atomic mass is 15.1. The molecule has 0 bridgehead atoms. The molecule has 86 valence electrons. The van der Waals surface area contributed by atoms with Crippen LogP contribution in [0.3, 0.4) is 0 Å². The van der Waals surface area contributed by atoms with Crippen LogP contribution >= 0.6 is 0 Å². The van der Waals surface area contributed by atoms with Gasteiger partial charge in [0, 0.05) is 16.7 Å². The van der Waals surface area contributed by atoms with Gasteiger partial charge < -0.3 is 0 Å². The highest BCUT2D eigenvalue weighted by Crippen LogP contribution is 2.06. The molecule has 0 saturated heterocycles. The molecule has 0 spiro atoms. The quantitative estimate of drug-likeness (QED) is 0.340. The molecule has 1 aromatic heterocycles. The zero-order valence-electron chi connectivity index (χ0n) is 9.61. The van der Waals surface area contributed by atoms with Crippen molar-refractivity contribution in [1.82, 2.24) is 4.98 Å². The van der Waals surface area contributed by atoms with Gasteiger partial charge in [-0.15, -0.1) is 0 Å². The van der Waals surface area contributed by atoms with Crippen molar-refractivity contribution in [3.8, 4) is 11.8 Å². The van der Waals surface area contributed by atoms with Crippen molar-refractivity contribution in [2.24, 2.45) is 5.11 Å². The predicted molar refractivity (Wildman–Crippen MR) is 69.5 cm³/mol. The lowest BCUT2D eigenvalue weighted by Crippen LogP contribution is -1.91. The smallest absolute Gasteiger partial charge is 0.116 e. The van der Waals surface area contributed by atoms with E-state index in [9.17, 15) is 0 Å². The molecule has 0 aliphatic rings. The Morgan fingerprint density at radius 2 is 1.94 bits per heavy atom. The van der Waals surface area contributed by atoms with E-state index >= 15 is 0 Å². The van der Waals surface area contributed by atoms with Gasteiger partial charge in [-0.05, 0) is 35.2 Å². The van der Waals surface area contributed by atoms with Gasteiger partial charge in [-0.25, -0.2) is 4.98 Å². The van der Waals surface area contributed by atoms with Crippen LogP contribution in [-0.4, -0.2) is 4.98 Å². The Morgan fingerprint density at radius 1 is 1.11 bits per heavy atom. The van der Waals surface area contributed by atoms with Crippen molar-refractivity contribution in [2.75, 3.05) is 0 Å². The molecule has 0 amide bonds. The third-order valence-corrected chi connectivity index (χ3v) is 2.29. The zero-order valence-corrected chi connectivity index (χ0v) is 9.61. The highest BCUT2D eigenvalue weighted by molar-refractivity contribution is 5.42. The molecule has 4 heteroatoms. The normalized spacial score (nSPS) is 8.89. The van der Waals surface area contributed by atoms with E-state index < -0.39 is 0 Å². The second kappa shape index (κ2) is 6.09. The van der Waals surface area contributed by atoms with Crippen LogP contribution in [-0.2, 0) is 6.54 Å². The van der Waals surface area contributed by atoms with E-state index in [4.69, 9.17) is 5.53 Å². The molecule has 1 aromatic carbocycles. The summed E-state index contributed by atoms with van der Waals surface area (Å²) in [7, 11) is 0. The van der Waals surface area contributed by atoms with Crippen molar-refractivity contribution >= 4 is 0 Å². The molecule has 18 heavy (non-hydrogen) atoms. The Kier molecular flexibility index (Phi) is 3.97. The summed E-state index contributed by atoms with van der Waals surface area (Å²) in [6.07, 6.45) is 1.68. The fraction of sp³-hybridized carbons (Fsp3) is 0.0714. The molecule has 0 fully saturated rings. The number of rotatable bonds is 2. The number of azide groups is 1. The SMILES string of the molecule is [N-]=[N+]=NCc1cccnc1C#Cc1ccccc1. The van der Waals surface area contributed by atoms with Gasteiger partial charge in [0.25, 0.3) is 0 Å². The fourth-order valence-electron chi connectivity index (χ4n) is 1.44. The maximum absolute atomic E-state index is 8.33. The van der Waals surface area contributed by atoms with E-state index in [2.05, 4.69) is 26.9 Å². The van der Waals surface area contributed by atoms with E-state index in [1.165, 1.54) is 0 Å². The van der Waals surface area contributed by atoms with E-state index in [1.807, 2.05) is 36.4 Å². The minimum atomic E-state index is 0.267. The molecule has 2 rings (SSSR count). The number of aromatic nitrogens is 1. The number of hydrogen-bond donors (Lipinski definition) is 0. The molecule has 0 unspecified atom stereocenters. The Bertz CT molecular complexity index is 632. The van der Waals surface area contributed by atoms with Crippen molar-refractivity contribution in [1.29, 1.82) is 0 Å². The third kappa shape index (κ3) is 3.11. The summed E-state index contributed by atoms with van der Waals surface area (Å²) < 4.78 is 0. The molecule has 0 atom stereocenters. The molecule has 1 heterocycles. The number of benzene rings is 1. The summed E-state index contributed by atoms with van der Waals surface area (Å²) in [6, 6.07) is 13.3. The van der Waals surface area contributed by atoms with Gasteiger partial charge in [0.2, 0.25) is 0 Å². The van der Waals surface area contributed by atoms with Gasteiger partial charge in [0.1, 0.15) is 5.69 Å². The minimum Gasteiger partial charge on any atom is -0.247 e. The van der Waals surface area contributed by atoms with Gasteiger partial charge in [-0.1, -0.05) is 35.3 Å². The van der Waals surface area contributed by atoms with Crippen molar-refractivity contribution < 1.29 is 0 Å². The lowest BCUT2D eigenvalue weighted by Gasteiger charge is -1.97. The average Bonchev–Trinajstić information content (AvgIpc) is 2.45. The van der Waals surface area contributed by atoms with Gasteiger partial charge in [-0.2, -0.15) is 0 Å². The first-order valence-corrected chi connectivity index (χ1v) is 5.42. The van der Waals surface area contributed by atoms with Crippen molar-refractivity contribution in [3.05, 3.63) is 75.9 Å². The second-order valence-corrected chi connectivity index (χ2v) is 3.52. The van der Waals surface area contributed by atoms with Crippen LogP contribution in [0.25, 0.3) is 10.4 Å². The number of nitrogens with zero attached hydrogens (tertiary/aromatic N) is 4. The van der Waals surface area contributed by atoms with Crippen molar-refractivity contribution in [2.45, 2.75) is 6.54 Å². The topological polar surface area (TPSA) is 61.7 Å². The number of pyridine rings is 1. The lowest BCUT2D eigenvalue weighted by atomic mass is 10.1. The van der Waals surface area contributed by atoms with Crippen molar-refractivity contribution in [3.63, 3.8) is 0 Å². The van der Waals surface area contributed by atoms with Gasteiger partial charge in [0.05, 0.1) is 6.54 Å². The molecule has 2 aromatic rings. The summed E-state index contributed by atoms with van der Waals surface area (Å²) in [5.41, 5.74) is 10.7. The lowest BCUT2D eigenvalue weighted by molar-refractivity contribution is 1.02. The summed E-state index contributed by atoms with van der Waals surface area (Å²) in [6.45, 7) is 0.267. The molecule has 0 aliphatic carbocycles. The van der Waals surface area contributed by atoms with Gasteiger partial charge in [0.15, 0.2) is 0 Å². The minimum absolute atomic E-state index is 0.267. The first-order valence-electron chi connectivity index (χ1n) is 5.42. The summed E-state index contributed by atoms with van der Waals surface area (Å²) in [5.74, 6) is 6.02. The van der Waals surface area contributed by atoms with Gasteiger partial charge in [-0.3, -0.25) is 0 Å². The fourth-order valence-corrected chi connectivity index (χ4v) is 1.44. The maximum atomic E-state index is 8.33. The van der Waals surface area contributed by atoms with E-state index in [0.29, 0.717) is 5.69 Å². The van der Waals surface area contributed by atoms with Crippen LogP contribution < -0.4 is 0 Å². The van der Waals surface area contributed by atoms with E-state index in [1.54, 1.807) is 12.3 Å². The molecule has 4 nitrogen and oxygen atoms in total. The monoisotopic (exact) mass is 234 g/mol. The van der Waals surface area contributed by atoms with Crippen LogP contribution in [0.1, 0.15) is 16.8 Å². The van der Waals surface area contributed by atoms with Crippen LogP contribution in [0, 0.1) is 11.8 Å².